The van der Waals surface area contributed by atoms with E-state index in [0.29, 0.717) is 11.1 Å². The molecule has 1 aliphatic rings. The first-order valence-corrected chi connectivity index (χ1v) is 10.5. The van der Waals surface area contributed by atoms with Gasteiger partial charge in [-0.15, -0.1) is 0 Å². The standard InChI is InChI=1S/C25H26N4O2/c26-22(16-24(30)29-14-4-7-23(29)18-5-2-1-3-6-18)19-8-9-20(25(27)31)21(15-19)17-10-12-28-13-11-17/h1-3,5-6,8-13,15,22-23H,4,7,14,16,26H2,(H2,27,31). The third-order valence-electron chi connectivity index (χ3n) is 5.88. The van der Waals surface area contributed by atoms with Crippen LogP contribution in [0.2, 0.25) is 0 Å². The Hall–Kier alpha value is -3.51. The smallest absolute Gasteiger partial charge is 0.249 e. The molecule has 2 amide bonds. The molecular weight excluding hydrogens is 388 g/mol. The predicted octanol–water partition coefficient (Wildman–Crippen LogP) is 3.60. The maximum absolute atomic E-state index is 13.1. The van der Waals surface area contributed by atoms with E-state index in [4.69, 9.17) is 11.5 Å². The fourth-order valence-corrected chi connectivity index (χ4v) is 4.29. The number of nitrogens with zero attached hydrogens (tertiary/aromatic N) is 2. The van der Waals surface area contributed by atoms with Gasteiger partial charge in [0.25, 0.3) is 0 Å². The van der Waals surface area contributed by atoms with Crippen LogP contribution in [0.5, 0.6) is 0 Å². The minimum Gasteiger partial charge on any atom is -0.366 e. The van der Waals surface area contributed by atoms with Crippen LogP contribution in [0, 0.1) is 0 Å². The van der Waals surface area contributed by atoms with E-state index in [1.165, 1.54) is 0 Å². The Balaban J connectivity index is 1.55. The van der Waals surface area contributed by atoms with Crippen LogP contribution in [0.4, 0.5) is 0 Å². The average Bonchev–Trinajstić information content (AvgIpc) is 3.30. The van der Waals surface area contributed by atoms with Crippen LogP contribution in [0.3, 0.4) is 0 Å². The Bertz CT molecular complexity index is 1070. The van der Waals surface area contributed by atoms with Crippen LogP contribution in [0.25, 0.3) is 11.1 Å². The van der Waals surface area contributed by atoms with E-state index in [1.54, 1.807) is 24.5 Å². The maximum atomic E-state index is 13.1. The predicted molar refractivity (Wildman–Crippen MR) is 120 cm³/mol. The second-order valence-corrected chi connectivity index (χ2v) is 7.87. The second-order valence-electron chi connectivity index (χ2n) is 7.87. The maximum Gasteiger partial charge on any atom is 0.249 e. The number of primary amides is 1. The molecule has 0 bridgehead atoms. The molecule has 4 rings (SSSR count). The first-order chi connectivity index (χ1) is 15.0. The summed E-state index contributed by atoms with van der Waals surface area (Å²) in [5.41, 5.74) is 15.9. The van der Waals surface area contributed by atoms with Gasteiger partial charge in [0, 0.05) is 37.0 Å². The third-order valence-corrected chi connectivity index (χ3v) is 5.88. The average molecular weight is 415 g/mol. The van der Waals surface area contributed by atoms with Crippen molar-refractivity contribution in [1.82, 2.24) is 9.88 Å². The van der Waals surface area contributed by atoms with Gasteiger partial charge in [-0.2, -0.15) is 0 Å². The van der Waals surface area contributed by atoms with Gasteiger partial charge in [-0.1, -0.05) is 36.4 Å². The monoisotopic (exact) mass is 414 g/mol. The van der Waals surface area contributed by atoms with Crippen molar-refractivity contribution >= 4 is 11.8 Å². The Morgan fingerprint density at radius 2 is 1.81 bits per heavy atom. The summed E-state index contributed by atoms with van der Waals surface area (Å²) in [5.74, 6) is -0.464. The van der Waals surface area contributed by atoms with Gasteiger partial charge in [0.15, 0.2) is 0 Å². The van der Waals surface area contributed by atoms with Gasteiger partial charge in [-0.3, -0.25) is 14.6 Å². The summed E-state index contributed by atoms with van der Waals surface area (Å²) in [4.78, 5) is 31.0. The topological polar surface area (TPSA) is 102 Å². The molecule has 0 aliphatic carbocycles. The van der Waals surface area contributed by atoms with E-state index in [0.717, 1.165) is 36.1 Å². The second kappa shape index (κ2) is 9.10. The van der Waals surface area contributed by atoms with Gasteiger partial charge in [-0.05, 0) is 59.4 Å². The van der Waals surface area contributed by atoms with E-state index >= 15 is 0 Å². The zero-order chi connectivity index (χ0) is 21.8. The highest BCUT2D eigenvalue weighted by Gasteiger charge is 2.30. The Morgan fingerprint density at radius 3 is 2.52 bits per heavy atom. The Morgan fingerprint density at radius 1 is 1.06 bits per heavy atom. The number of amides is 2. The van der Waals surface area contributed by atoms with Crippen LogP contribution >= 0.6 is 0 Å². The van der Waals surface area contributed by atoms with Gasteiger partial charge in [-0.25, -0.2) is 0 Å². The van der Waals surface area contributed by atoms with Crippen molar-refractivity contribution in [2.24, 2.45) is 11.5 Å². The molecular formula is C25H26N4O2. The highest BCUT2D eigenvalue weighted by molar-refractivity contribution is 6.00. The number of hydrogen-bond donors (Lipinski definition) is 2. The lowest BCUT2D eigenvalue weighted by atomic mass is 9.94. The zero-order valence-corrected chi connectivity index (χ0v) is 17.3. The lowest BCUT2D eigenvalue weighted by Gasteiger charge is -2.26. The van der Waals surface area contributed by atoms with Gasteiger partial charge in [0.05, 0.1) is 6.04 Å². The van der Waals surface area contributed by atoms with E-state index < -0.39 is 11.9 Å². The number of carbonyl (C=O) groups is 2. The summed E-state index contributed by atoms with van der Waals surface area (Å²) in [7, 11) is 0. The molecule has 4 N–H and O–H groups in total. The highest BCUT2D eigenvalue weighted by Crippen LogP contribution is 2.33. The number of aromatic nitrogens is 1. The minimum absolute atomic E-state index is 0.0447. The number of pyridine rings is 1. The number of hydrogen-bond acceptors (Lipinski definition) is 4. The number of likely N-dealkylation sites (tertiary alicyclic amines) is 1. The van der Waals surface area contributed by atoms with Crippen molar-refractivity contribution < 1.29 is 9.59 Å². The summed E-state index contributed by atoms with van der Waals surface area (Å²) in [6.45, 7) is 0.744. The normalized spacial score (nSPS) is 16.8. The summed E-state index contributed by atoms with van der Waals surface area (Å²) < 4.78 is 0. The lowest BCUT2D eigenvalue weighted by Crippen LogP contribution is -2.33. The van der Waals surface area contributed by atoms with Gasteiger partial charge >= 0.3 is 0 Å². The molecule has 1 saturated heterocycles. The first kappa shape index (κ1) is 20.8. The summed E-state index contributed by atoms with van der Waals surface area (Å²) in [5, 5.41) is 0. The lowest BCUT2D eigenvalue weighted by molar-refractivity contribution is -0.132. The molecule has 3 aromatic rings. The van der Waals surface area contributed by atoms with Crippen LogP contribution < -0.4 is 11.5 Å². The van der Waals surface area contributed by atoms with Crippen molar-refractivity contribution in [3.05, 3.63) is 89.7 Å². The number of nitrogens with two attached hydrogens (primary N) is 2. The van der Waals surface area contributed by atoms with E-state index in [9.17, 15) is 9.59 Å². The van der Waals surface area contributed by atoms with Crippen molar-refractivity contribution in [3.8, 4) is 11.1 Å². The Kier molecular flexibility index (Phi) is 6.09. The van der Waals surface area contributed by atoms with Gasteiger partial charge in [0.2, 0.25) is 11.8 Å². The SMILES string of the molecule is NC(=O)c1ccc(C(N)CC(=O)N2CCCC2c2ccccc2)cc1-c1ccncc1. The summed E-state index contributed by atoms with van der Waals surface area (Å²) in [6, 6.07) is 18.7. The molecule has 31 heavy (non-hydrogen) atoms. The van der Waals surface area contributed by atoms with Gasteiger partial charge in [0.1, 0.15) is 0 Å². The number of carbonyl (C=O) groups excluding carboxylic acids is 2. The van der Waals surface area contributed by atoms with Crippen molar-refractivity contribution in [2.75, 3.05) is 6.54 Å². The van der Waals surface area contributed by atoms with E-state index in [2.05, 4.69) is 17.1 Å². The molecule has 1 aromatic heterocycles. The van der Waals surface area contributed by atoms with E-state index in [1.807, 2.05) is 41.3 Å². The van der Waals surface area contributed by atoms with Crippen LogP contribution in [0.15, 0.2) is 73.1 Å². The number of benzene rings is 2. The van der Waals surface area contributed by atoms with Gasteiger partial charge < -0.3 is 16.4 Å². The molecule has 6 heteroatoms. The fourth-order valence-electron chi connectivity index (χ4n) is 4.29. The summed E-state index contributed by atoms with van der Waals surface area (Å²) >= 11 is 0. The van der Waals surface area contributed by atoms with E-state index in [-0.39, 0.29) is 18.4 Å². The molecule has 2 unspecified atom stereocenters. The summed E-state index contributed by atoms with van der Waals surface area (Å²) in [6.07, 6.45) is 5.47. The minimum atomic E-state index is -0.509. The van der Waals surface area contributed by atoms with Crippen LogP contribution in [-0.4, -0.2) is 28.2 Å². The first-order valence-electron chi connectivity index (χ1n) is 10.5. The molecule has 0 spiro atoms. The largest absolute Gasteiger partial charge is 0.366 e. The molecule has 158 valence electrons. The van der Waals surface area contributed by atoms with Crippen LogP contribution in [-0.2, 0) is 4.79 Å². The Labute approximate surface area is 181 Å². The molecule has 0 saturated carbocycles. The molecule has 2 heterocycles. The van der Waals surface area contributed by atoms with Crippen molar-refractivity contribution in [1.29, 1.82) is 0 Å². The highest BCUT2D eigenvalue weighted by atomic mass is 16.2. The molecule has 1 fully saturated rings. The zero-order valence-electron chi connectivity index (χ0n) is 17.3. The molecule has 2 atom stereocenters. The van der Waals surface area contributed by atoms with Crippen molar-refractivity contribution in [2.45, 2.75) is 31.3 Å². The quantitative estimate of drug-likeness (QED) is 0.643. The fraction of sp³-hybridized carbons (Fsp3) is 0.240. The van der Waals surface area contributed by atoms with Crippen LogP contribution in [0.1, 0.15) is 52.8 Å². The third kappa shape index (κ3) is 4.49. The molecule has 2 aromatic carbocycles. The molecule has 0 radical (unpaired) electrons. The van der Waals surface area contributed by atoms with Crippen molar-refractivity contribution in [3.63, 3.8) is 0 Å². The molecule has 6 nitrogen and oxygen atoms in total. The molecule has 1 aliphatic heterocycles. The number of rotatable bonds is 6.